The summed E-state index contributed by atoms with van der Waals surface area (Å²) in [5.41, 5.74) is 0.482. The fourth-order valence-corrected chi connectivity index (χ4v) is 4.67. The molecule has 0 aromatic heterocycles. The predicted octanol–water partition coefficient (Wildman–Crippen LogP) is 4.16. The van der Waals surface area contributed by atoms with Crippen molar-refractivity contribution in [3.05, 3.63) is 11.6 Å². The van der Waals surface area contributed by atoms with Gasteiger partial charge in [-0.1, -0.05) is 47.1 Å². The van der Waals surface area contributed by atoms with Gasteiger partial charge in [0, 0.05) is 18.7 Å². The van der Waals surface area contributed by atoms with Gasteiger partial charge in [0.15, 0.2) is 0 Å². The molecule has 34 heavy (non-hydrogen) atoms. The summed E-state index contributed by atoms with van der Waals surface area (Å²) in [5, 5.41) is 3.11. The average Bonchev–Trinajstić information content (AvgIpc) is 2.79. The fraction of sp³-hybridized carbons (Fsp3) is 0.815. The number of amides is 2. The largest absolute Gasteiger partial charge is 0.463 e. The molecule has 0 saturated carbocycles. The van der Waals surface area contributed by atoms with Crippen LogP contribution < -0.4 is 5.32 Å². The Morgan fingerprint density at radius 1 is 1.12 bits per heavy atom. The number of likely N-dealkylation sites (tertiary alicyclic amines) is 1. The molecular formula is C27H49N3O4. The lowest BCUT2D eigenvalue weighted by molar-refractivity contribution is -0.140. The highest BCUT2D eigenvalue weighted by Gasteiger charge is 2.35. The zero-order valence-electron chi connectivity index (χ0n) is 23.0. The van der Waals surface area contributed by atoms with E-state index in [4.69, 9.17) is 4.74 Å². The number of carbonyl (C=O) groups is 3. The predicted molar refractivity (Wildman–Crippen MR) is 137 cm³/mol. The molecule has 0 radical (unpaired) electrons. The van der Waals surface area contributed by atoms with Crippen LogP contribution in [0, 0.1) is 11.8 Å². The zero-order valence-corrected chi connectivity index (χ0v) is 23.0. The quantitative estimate of drug-likeness (QED) is 0.336. The van der Waals surface area contributed by atoms with Crippen LogP contribution in [0.3, 0.4) is 0 Å². The van der Waals surface area contributed by atoms with E-state index in [1.807, 2.05) is 13.8 Å². The first-order valence-corrected chi connectivity index (χ1v) is 13.1. The number of carbonyl (C=O) groups excluding carboxylic acids is 3. The average molecular weight is 480 g/mol. The Hall–Kier alpha value is -1.89. The lowest BCUT2D eigenvalue weighted by Gasteiger charge is -2.39. The maximum absolute atomic E-state index is 13.6. The third-order valence-corrected chi connectivity index (χ3v) is 6.82. The van der Waals surface area contributed by atoms with Crippen LogP contribution in [0.2, 0.25) is 0 Å². The third-order valence-electron chi connectivity index (χ3n) is 6.82. The second kappa shape index (κ2) is 14.5. The first-order chi connectivity index (χ1) is 15.9. The molecular weight excluding hydrogens is 430 g/mol. The summed E-state index contributed by atoms with van der Waals surface area (Å²) >= 11 is 0. The summed E-state index contributed by atoms with van der Waals surface area (Å²) in [4.78, 5) is 43.2. The van der Waals surface area contributed by atoms with Crippen molar-refractivity contribution in [1.82, 2.24) is 15.1 Å². The first-order valence-electron chi connectivity index (χ1n) is 13.1. The van der Waals surface area contributed by atoms with E-state index in [-0.39, 0.29) is 41.7 Å². The summed E-state index contributed by atoms with van der Waals surface area (Å²) in [6, 6.07) is -0.742. The molecule has 2 amide bonds. The molecule has 4 atom stereocenters. The first kappa shape index (κ1) is 30.1. The number of ether oxygens (including phenoxy) is 1. The van der Waals surface area contributed by atoms with Crippen LogP contribution in [0.1, 0.15) is 87.5 Å². The zero-order chi connectivity index (χ0) is 26.0. The van der Waals surface area contributed by atoms with Crippen molar-refractivity contribution in [2.45, 2.75) is 112 Å². The van der Waals surface area contributed by atoms with Crippen LogP contribution in [0.4, 0.5) is 0 Å². The van der Waals surface area contributed by atoms with Crippen LogP contribution in [-0.4, -0.2) is 72.0 Å². The van der Waals surface area contributed by atoms with Crippen LogP contribution >= 0.6 is 0 Å². The van der Waals surface area contributed by atoms with Crippen LogP contribution in [0.15, 0.2) is 11.6 Å². The molecule has 1 aliphatic heterocycles. The van der Waals surface area contributed by atoms with E-state index < -0.39 is 6.04 Å². The van der Waals surface area contributed by atoms with Gasteiger partial charge in [-0.3, -0.25) is 14.5 Å². The monoisotopic (exact) mass is 479 g/mol. The summed E-state index contributed by atoms with van der Waals surface area (Å²) in [5.74, 6) is -0.211. The molecule has 0 aliphatic carbocycles. The lowest BCUT2D eigenvalue weighted by Crippen LogP contribution is -2.58. The molecule has 1 heterocycles. The minimum atomic E-state index is -0.601. The lowest BCUT2D eigenvalue weighted by atomic mass is 9.95. The molecule has 1 rings (SSSR count). The van der Waals surface area contributed by atoms with E-state index in [0.717, 1.165) is 32.2 Å². The molecule has 0 spiro atoms. The van der Waals surface area contributed by atoms with Crippen molar-refractivity contribution in [2.75, 3.05) is 20.2 Å². The number of hydrogen-bond donors (Lipinski definition) is 1. The number of esters is 1. The molecule has 1 saturated heterocycles. The SMILES string of the molecule is CCOC(=O)/C(C)=C/[C@H](C(C)C)N(C)C(=O)[C@H](CC(C)C)NC(=O)[C@H]1CCCCN1C(C)CC. The van der Waals surface area contributed by atoms with Gasteiger partial charge in [0.2, 0.25) is 11.8 Å². The van der Waals surface area contributed by atoms with Crippen molar-refractivity contribution >= 4 is 17.8 Å². The Morgan fingerprint density at radius 3 is 2.29 bits per heavy atom. The second-order valence-corrected chi connectivity index (χ2v) is 10.5. The molecule has 1 N–H and O–H groups in total. The molecule has 1 fully saturated rings. The Bertz CT molecular complexity index is 704. The number of nitrogens with one attached hydrogen (secondary N) is 1. The van der Waals surface area contributed by atoms with Gasteiger partial charge in [0.1, 0.15) is 6.04 Å². The highest BCUT2D eigenvalue weighted by atomic mass is 16.5. The van der Waals surface area contributed by atoms with E-state index in [2.05, 4.69) is 37.9 Å². The van der Waals surface area contributed by atoms with Gasteiger partial charge in [0.25, 0.3) is 0 Å². The molecule has 0 bridgehead atoms. The maximum Gasteiger partial charge on any atom is 0.333 e. The summed E-state index contributed by atoms with van der Waals surface area (Å²) in [6.07, 6.45) is 6.32. The van der Waals surface area contributed by atoms with Crippen molar-refractivity contribution in [3.8, 4) is 0 Å². The Balaban J connectivity index is 3.11. The normalized spacial score (nSPS) is 20.1. The maximum atomic E-state index is 13.6. The van der Waals surface area contributed by atoms with Gasteiger partial charge < -0.3 is 15.0 Å². The summed E-state index contributed by atoms with van der Waals surface area (Å²) in [7, 11) is 1.76. The van der Waals surface area contributed by atoms with Gasteiger partial charge in [-0.25, -0.2) is 4.79 Å². The molecule has 7 nitrogen and oxygen atoms in total. The summed E-state index contributed by atoms with van der Waals surface area (Å²) < 4.78 is 5.11. The van der Waals surface area contributed by atoms with E-state index >= 15 is 0 Å². The van der Waals surface area contributed by atoms with Gasteiger partial charge in [-0.2, -0.15) is 0 Å². The highest BCUT2D eigenvalue weighted by Crippen LogP contribution is 2.22. The van der Waals surface area contributed by atoms with E-state index in [1.165, 1.54) is 0 Å². The third kappa shape index (κ3) is 8.71. The van der Waals surface area contributed by atoms with E-state index in [1.54, 1.807) is 31.9 Å². The second-order valence-electron chi connectivity index (χ2n) is 10.5. The molecule has 0 aromatic rings. The van der Waals surface area contributed by atoms with E-state index in [9.17, 15) is 14.4 Å². The van der Waals surface area contributed by atoms with E-state index in [0.29, 0.717) is 24.6 Å². The Labute approximate surface area is 207 Å². The van der Waals surface area contributed by atoms with Crippen molar-refractivity contribution in [3.63, 3.8) is 0 Å². The minimum absolute atomic E-state index is 0.0493. The van der Waals surface area contributed by atoms with Gasteiger partial charge in [-0.15, -0.1) is 0 Å². The molecule has 7 heteroatoms. The van der Waals surface area contributed by atoms with Gasteiger partial charge in [0.05, 0.1) is 18.7 Å². The van der Waals surface area contributed by atoms with Crippen molar-refractivity contribution in [1.29, 1.82) is 0 Å². The molecule has 196 valence electrons. The number of likely N-dealkylation sites (N-methyl/N-ethyl adjacent to an activating group) is 1. The van der Waals surface area contributed by atoms with Crippen LogP contribution in [0.5, 0.6) is 0 Å². The standard InChI is InChI=1S/C27H49N3O4/c1-10-21(8)30-15-13-12-14-23(30)25(31)28-22(16-18(3)4)26(32)29(9)24(19(5)6)17-20(7)27(33)34-11-2/h17-19,21-24H,10-16H2,1-9H3,(H,28,31)/b20-17+/t21?,22-,23+,24+/m0/s1. The fourth-order valence-electron chi connectivity index (χ4n) is 4.67. The van der Waals surface area contributed by atoms with Crippen LogP contribution in [0.25, 0.3) is 0 Å². The Morgan fingerprint density at radius 2 is 1.76 bits per heavy atom. The summed E-state index contributed by atoms with van der Waals surface area (Å²) in [6.45, 7) is 17.2. The topological polar surface area (TPSA) is 79.0 Å². The van der Waals surface area contributed by atoms with Gasteiger partial charge in [-0.05, 0) is 64.8 Å². The number of rotatable bonds is 12. The number of piperidine rings is 1. The van der Waals surface area contributed by atoms with Crippen molar-refractivity contribution < 1.29 is 19.1 Å². The van der Waals surface area contributed by atoms with Crippen LogP contribution in [-0.2, 0) is 19.1 Å². The van der Waals surface area contributed by atoms with Gasteiger partial charge >= 0.3 is 5.97 Å². The molecule has 1 aliphatic rings. The van der Waals surface area contributed by atoms with Crippen molar-refractivity contribution in [2.24, 2.45) is 11.8 Å². The molecule has 1 unspecified atom stereocenters. The Kier molecular flexibility index (Phi) is 12.9. The molecule has 0 aromatic carbocycles. The smallest absolute Gasteiger partial charge is 0.333 e. The highest BCUT2D eigenvalue weighted by molar-refractivity contribution is 5.90. The number of nitrogens with zero attached hydrogens (tertiary/aromatic N) is 2. The minimum Gasteiger partial charge on any atom is -0.463 e. The number of hydrogen-bond acceptors (Lipinski definition) is 5.